The molecule has 4 heteroatoms. The molecular weight excluding hydrogens is 346 g/mol. The fourth-order valence-corrected chi connectivity index (χ4v) is 3.34. The van der Waals surface area contributed by atoms with Crippen molar-refractivity contribution in [3.8, 4) is 11.3 Å². The zero-order chi connectivity index (χ0) is 19.3. The van der Waals surface area contributed by atoms with E-state index in [1.165, 1.54) is 11.1 Å². The van der Waals surface area contributed by atoms with Gasteiger partial charge in [0, 0.05) is 36.5 Å². The lowest BCUT2D eigenvalue weighted by Crippen LogP contribution is -2.40. The number of aromatic nitrogens is 2. The summed E-state index contributed by atoms with van der Waals surface area (Å²) in [5, 5.41) is 4.83. The summed E-state index contributed by atoms with van der Waals surface area (Å²) in [4.78, 5) is 14.1. The van der Waals surface area contributed by atoms with Crippen molar-refractivity contribution in [2.45, 2.75) is 26.3 Å². The monoisotopic (exact) mass is 371 g/mol. The van der Waals surface area contributed by atoms with E-state index in [9.17, 15) is 4.79 Å². The standard InChI is InChI=1S/C24H25N3O/c1-2-19-9-11-21(12-10-19)24-22(13-14-23(28)26-15-6-16-26)18-27(25-24)17-20-7-4-3-5-8-20/h3-5,7-14,18H,2,6,15-17H2,1H3/b14-13+. The smallest absolute Gasteiger partial charge is 0.246 e. The van der Waals surface area contributed by atoms with Gasteiger partial charge in [-0.3, -0.25) is 9.48 Å². The van der Waals surface area contributed by atoms with Crippen LogP contribution in [0, 0.1) is 0 Å². The molecule has 1 amide bonds. The molecule has 2 aromatic carbocycles. The number of hydrogen-bond donors (Lipinski definition) is 0. The number of amides is 1. The molecule has 0 saturated carbocycles. The predicted octanol–water partition coefficient (Wildman–Crippen LogP) is 4.41. The van der Waals surface area contributed by atoms with E-state index in [-0.39, 0.29) is 5.91 Å². The lowest BCUT2D eigenvalue weighted by molar-refractivity contribution is -0.129. The molecule has 0 atom stereocenters. The van der Waals surface area contributed by atoms with Crippen molar-refractivity contribution in [3.05, 3.63) is 83.6 Å². The Morgan fingerprint density at radius 3 is 2.43 bits per heavy atom. The average molecular weight is 371 g/mol. The minimum Gasteiger partial charge on any atom is -0.339 e. The summed E-state index contributed by atoms with van der Waals surface area (Å²) in [6, 6.07) is 18.8. The highest BCUT2D eigenvalue weighted by Crippen LogP contribution is 2.24. The maximum atomic E-state index is 12.2. The Morgan fingerprint density at radius 1 is 1.04 bits per heavy atom. The normalized spacial score (nSPS) is 13.7. The number of hydrogen-bond acceptors (Lipinski definition) is 2. The van der Waals surface area contributed by atoms with E-state index >= 15 is 0 Å². The zero-order valence-electron chi connectivity index (χ0n) is 16.2. The molecule has 1 aromatic heterocycles. The van der Waals surface area contributed by atoms with Crippen LogP contribution in [0.2, 0.25) is 0 Å². The number of rotatable bonds is 6. The lowest BCUT2D eigenvalue weighted by atomic mass is 10.0. The second-order valence-electron chi connectivity index (χ2n) is 7.18. The molecule has 0 radical (unpaired) electrons. The Labute approximate surface area is 166 Å². The van der Waals surface area contributed by atoms with Crippen molar-refractivity contribution >= 4 is 12.0 Å². The van der Waals surface area contributed by atoms with Gasteiger partial charge in [0.2, 0.25) is 5.91 Å². The molecule has 1 aliphatic heterocycles. The molecule has 1 fully saturated rings. The molecule has 142 valence electrons. The van der Waals surface area contributed by atoms with Crippen molar-refractivity contribution in [1.29, 1.82) is 0 Å². The van der Waals surface area contributed by atoms with Gasteiger partial charge in [0.1, 0.15) is 0 Å². The van der Waals surface area contributed by atoms with Crippen molar-refractivity contribution in [1.82, 2.24) is 14.7 Å². The van der Waals surface area contributed by atoms with Crippen LogP contribution in [-0.4, -0.2) is 33.7 Å². The van der Waals surface area contributed by atoms with Gasteiger partial charge in [-0.1, -0.05) is 61.5 Å². The summed E-state index contributed by atoms with van der Waals surface area (Å²) < 4.78 is 1.95. The van der Waals surface area contributed by atoms with Gasteiger partial charge in [0.15, 0.2) is 0 Å². The van der Waals surface area contributed by atoms with Crippen LogP contribution in [0.25, 0.3) is 17.3 Å². The minimum atomic E-state index is 0.0781. The fourth-order valence-electron chi connectivity index (χ4n) is 3.34. The topological polar surface area (TPSA) is 38.1 Å². The first-order chi connectivity index (χ1) is 13.7. The molecule has 4 rings (SSSR count). The van der Waals surface area contributed by atoms with Gasteiger partial charge in [-0.2, -0.15) is 5.10 Å². The SMILES string of the molecule is CCc1ccc(-c2nn(Cc3ccccc3)cc2/C=C/C(=O)N2CCC2)cc1. The molecule has 1 saturated heterocycles. The highest BCUT2D eigenvalue weighted by Gasteiger charge is 2.18. The third-order valence-electron chi connectivity index (χ3n) is 5.19. The highest BCUT2D eigenvalue weighted by molar-refractivity contribution is 5.93. The summed E-state index contributed by atoms with van der Waals surface area (Å²) in [5.41, 5.74) is 5.45. The van der Waals surface area contributed by atoms with Crippen molar-refractivity contribution in [3.63, 3.8) is 0 Å². The first kappa shape index (κ1) is 18.2. The molecule has 3 aromatic rings. The molecule has 2 heterocycles. The number of carbonyl (C=O) groups is 1. The van der Waals surface area contributed by atoms with Gasteiger partial charge >= 0.3 is 0 Å². The summed E-state index contributed by atoms with van der Waals surface area (Å²) in [6.07, 6.45) is 7.71. The van der Waals surface area contributed by atoms with E-state index in [0.29, 0.717) is 6.54 Å². The summed E-state index contributed by atoms with van der Waals surface area (Å²) >= 11 is 0. The van der Waals surface area contributed by atoms with Crippen molar-refractivity contribution in [2.75, 3.05) is 13.1 Å². The Kier molecular flexibility index (Phi) is 5.38. The third-order valence-corrected chi connectivity index (χ3v) is 5.19. The quantitative estimate of drug-likeness (QED) is 0.602. The maximum Gasteiger partial charge on any atom is 0.246 e. The van der Waals surface area contributed by atoms with Crippen LogP contribution >= 0.6 is 0 Å². The molecule has 0 N–H and O–H groups in total. The number of aryl methyl sites for hydroxylation is 1. The molecule has 0 unspecified atom stereocenters. The molecule has 28 heavy (non-hydrogen) atoms. The molecule has 0 bridgehead atoms. The van der Waals surface area contributed by atoms with Crippen LogP contribution < -0.4 is 0 Å². The Balaban J connectivity index is 1.64. The minimum absolute atomic E-state index is 0.0781. The van der Waals surface area contributed by atoms with E-state index in [0.717, 1.165) is 42.8 Å². The van der Waals surface area contributed by atoms with Crippen LogP contribution in [0.15, 0.2) is 66.9 Å². The molecule has 0 spiro atoms. The Morgan fingerprint density at radius 2 is 1.79 bits per heavy atom. The van der Waals surface area contributed by atoms with Crippen LogP contribution in [0.1, 0.15) is 30.0 Å². The number of carbonyl (C=O) groups excluding carboxylic acids is 1. The number of nitrogens with zero attached hydrogens (tertiary/aromatic N) is 3. The van der Waals surface area contributed by atoms with Gasteiger partial charge in [-0.15, -0.1) is 0 Å². The predicted molar refractivity (Wildman–Crippen MR) is 113 cm³/mol. The summed E-state index contributed by atoms with van der Waals surface area (Å²) in [5.74, 6) is 0.0781. The Bertz CT molecular complexity index is 967. The largest absolute Gasteiger partial charge is 0.339 e. The van der Waals surface area contributed by atoms with E-state index < -0.39 is 0 Å². The molecule has 4 nitrogen and oxygen atoms in total. The Hall–Kier alpha value is -3.14. The highest BCUT2D eigenvalue weighted by atomic mass is 16.2. The maximum absolute atomic E-state index is 12.2. The van der Waals surface area contributed by atoms with E-state index in [4.69, 9.17) is 5.10 Å². The van der Waals surface area contributed by atoms with E-state index in [1.54, 1.807) is 6.08 Å². The number of likely N-dealkylation sites (tertiary alicyclic amines) is 1. The van der Waals surface area contributed by atoms with Crippen LogP contribution in [-0.2, 0) is 17.8 Å². The zero-order valence-corrected chi connectivity index (χ0v) is 16.2. The van der Waals surface area contributed by atoms with Gasteiger partial charge < -0.3 is 4.90 Å². The van der Waals surface area contributed by atoms with Crippen molar-refractivity contribution in [2.24, 2.45) is 0 Å². The second-order valence-corrected chi connectivity index (χ2v) is 7.18. The van der Waals surface area contributed by atoms with Gasteiger partial charge in [-0.05, 0) is 30.0 Å². The fraction of sp³-hybridized carbons (Fsp3) is 0.250. The third kappa shape index (κ3) is 4.06. The van der Waals surface area contributed by atoms with Gasteiger partial charge in [0.05, 0.1) is 12.2 Å². The van der Waals surface area contributed by atoms with Crippen LogP contribution in [0.5, 0.6) is 0 Å². The van der Waals surface area contributed by atoms with Crippen LogP contribution in [0.4, 0.5) is 0 Å². The average Bonchev–Trinajstić information content (AvgIpc) is 3.08. The van der Waals surface area contributed by atoms with Gasteiger partial charge in [0.25, 0.3) is 0 Å². The van der Waals surface area contributed by atoms with Crippen LogP contribution in [0.3, 0.4) is 0 Å². The van der Waals surface area contributed by atoms with Crippen molar-refractivity contribution < 1.29 is 4.79 Å². The first-order valence-electron chi connectivity index (χ1n) is 9.90. The molecule has 0 aliphatic carbocycles. The van der Waals surface area contributed by atoms with Gasteiger partial charge in [-0.25, -0.2) is 0 Å². The molecule has 1 aliphatic rings. The van der Waals surface area contributed by atoms with E-state index in [2.05, 4.69) is 43.3 Å². The summed E-state index contributed by atoms with van der Waals surface area (Å²) in [6.45, 7) is 4.58. The number of benzene rings is 2. The second kappa shape index (κ2) is 8.26. The van der Waals surface area contributed by atoms with E-state index in [1.807, 2.05) is 40.1 Å². The summed E-state index contributed by atoms with van der Waals surface area (Å²) in [7, 11) is 0. The molecular formula is C24H25N3O. The first-order valence-corrected chi connectivity index (χ1v) is 9.90. The lowest BCUT2D eigenvalue weighted by Gasteiger charge is -2.29.